The maximum atomic E-state index is 12.5. The van der Waals surface area contributed by atoms with Crippen molar-refractivity contribution in [2.24, 2.45) is 0 Å². The molecule has 1 N–H and O–H groups in total. The van der Waals surface area contributed by atoms with Crippen LogP contribution in [0.1, 0.15) is 18.4 Å². The van der Waals surface area contributed by atoms with Gasteiger partial charge in [-0.2, -0.15) is 5.26 Å². The zero-order chi connectivity index (χ0) is 20.1. The van der Waals surface area contributed by atoms with E-state index in [0.29, 0.717) is 24.3 Å². The van der Waals surface area contributed by atoms with Crippen molar-refractivity contribution in [3.8, 4) is 22.3 Å². The lowest BCUT2D eigenvalue weighted by Gasteiger charge is -2.32. The van der Waals surface area contributed by atoms with E-state index >= 15 is 0 Å². The number of piperidine rings is 1. The first-order chi connectivity index (χ1) is 14.2. The predicted molar refractivity (Wildman–Crippen MR) is 115 cm³/mol. The second kappa shape index (κ2) is 8.80. The third kappa shape index (κ3) is 4.58. The van der Waals surface area contributed by atoms with Gasteiger partial charge in [-0.05, 0) is 41.3 Å². The Balaban J connectivity index is 1.32. The van der Waals surface area contributed by atoms with E-state index in [4.69, 9.17) is 10.00 Å². The van der Waals surface area contributed by atoms with E-state index < -0.39 is 0 Å². The molecule has 4 rings (SSSR count). The first kappa shape index (κ1) is 19.0. The Labute approximate surface area is 174 Å². The molecular formula is C23H21N3O2S. The van der Waals surface area contributed by atoms with Crippen LogP contribution in [0.15, 0.2) is 66.0 Å². The summed E-state index contributed by atoms with van der Waals surface area (Å²) in [6.45, 7) is 1.24. The highest BCUT2D eigenvalue weighted by Crippen LogP contribution is 2.29. The normalized spacial score (nSPS) is 14.2. The first-order valence-electron chi connectivity index (χ1n) is 9.58. The van der Waals surface area contributed by atoms with Crippen molar-refractivity contribution in [1.82, 2.24) is 4.90 Å². The number of nitrogens with one attached hydrogen (secondary N) is 1. The fourth-order valence-corrected chi connectivity index (χ4v) is 4.14. The molecule has 1 aliphatic rings. The lowest BCUT2D eigenvalue weighted by atomic mass is 10.1. The smallest absolute Gasteiger partial charge is 0.321 e. The van der Waals surface area contributed by atoms with Gasteiger partial charge in [-0.15, -0.1) is 11.3 Å². The van der Waals surface area contributed by atoms with Crippen LogP contribution in [0.25, 0.3) is 10.4 Å². The highest BCUT2D eigenvalue weighted by Gasteiger charge is 2.24. The monoisotopic (exact) mass is 403 g/mol. The van der Waals surface area contributed by atoms with E-state index in [9.17, 15) is 4.79 Å². The second-order valence-corrected chi connectivity index (χ2v) is 7.84. The van der Waals surface area contributed by atoms with Gasteiger partial charge in [0.1, 0.15) is 17.9 Å². The molecule has 1 fully saturated rings. The molecule has 1 aromatic heterocycles. The molecule has 1 saturated heterocycles. The number of para-hydroxylation sites is 1. The largest absolute Gasteiger partial charge is 0.490 e. The molecule has 1 aliphatic heterocycles. The number of rotatable bonds is 4. The Kier molecular flexibility index (Phi) is 5.78. The van der Waals surface area contributed by atoms with Crippen molar-refractivity contribution in [2.45, 2.75) is 18.9 Å². The van der Waals surface area contributed by atoms with Crippen LogP contribution in [0.3, 0.4) is 0 Å². The fourth-order valence-electron chi connectivity index (χ4n) is 3.42. The minimum Gasteiger partial charge on any atom is -0.490 e. The van der Waals surface area contributed by atoms with Crippen LogP contribution in [-0.4, -0.2) is 30.1 Å². The number of hydrogen-bond donors (Lipinski definition) is 1. The molecular weight excluding hydrogens is 382 g/mol. The van der Waals surface area contributed by atoms with Crippen molar-refractivity contribution in [2.75, 3.05) is 18.4 Å². The summed E-state index contributed by atoms with van der Waals surface area (Å²) in [5.41, 5.74) is 2.17. The second-order valence-electron chi connectivity index (χ2n) is 6.90. The number of anilines is 1. The Morgan fingerprint density at radius 2 is 1.93 bits per heavy atom. The van der Waals surface area contributed by atoms with E-state index in [2.05, 4.69) is 35.0 Å². The number of amides is 2. The van der Waals surface area contributed by atoms with Crippen molar-refractivity contribution in [3.63, 3.8) is 0 Å². The Morgan fingerprint density at radius 3 is 2.69 bits per heavy atom. The van der Waals surface area contributed by atoms with Crippen molar-refractivity contribution < 1.29 is 9.53 Å². The molecule has 0 atom stereocenters. The zero-order valence-electron chi connectivity index (χ0n) is 15.9. The number of benzene rings is 2. The number of ether oxygens (including phenoxy) is 1. The quantitative estimate of drug-likeness (QED) is 0.637. The summed E-state index contributed by atoms with van der Waals surface area (Å²) < 4.78 is 6.18. The maximum Gasteiger partial charge on any atom is 0.321 e. The molecule has 5 nitrogen and oxygen atoms in total. The number of thiophene rings is 1. The van der Waals surface area contributed by atoms with Crippen molar-refractivity contribution >= 4 is 23.1 Å². The van der Waals surface area contributed by atoms with E-state index in [1.54, 1.807) is 40.5 Å². The van der Waals surface area contributed by atoms with Gasteiger partial charge >= 0.3 is 6.03 Å². The number of hydrogen-bond acceptors (Lipinski definition) is 4. The van der Waals surface area contributed by atoms with Crippen LogP contribution in [0.2, 0.25) is 0 Å². The number of likely N-dealkylation sites (tertiary alicyclic amines) is 1. The fraction of sp³-hybridized carbons (Fsp3) is 0.217. The molecule has 2 heterocycles. The molecule has 0 spiro atoms. The lowest BCUT2D eigenvalue weighted by molar-refractivity contribution is 0.115. The number of nitriles is 1. The van der Waals surface area contributed by atoms with E-state index in [1.807, 2.05) is 18.2 Å². The van der Waals surface area contributed by atoms with Gasteiger partial charge in [0, 0.05) is 30.8 Å². The van der Waals surface area contributed by atoms with E-state index in [1.165, 1.54) is 4.88 Å². The summed E-state index contributed by atoms with van der Waals surface area (Å²) in [5, 5.41) is 14.1. The average Bonchev–Trinajstić information content (AvgIpc) is 3.30. The van der Waals surface area contributed by atoms with E-state index in [-0.39, 0.29) is 12.1 Å². The van der Waals surface area contributed by atoms with Crippen LogP contribution in [0, 0.1) is 11.3 Å². The highest BCUT2D eigenvalue weighted by molar-refractivity contribution is 7.13. The van der Waals surface area contributed by atoms with Gasteiger partial charge in [0.2, 0.25) is 0 Å². The molecule has 0 unspecified atom stereocenters. The van der Waals surface area contributed by atoms with Gasteiger partial charge in [0.05, 0.1) is 11.3 Å². The summed E-state index contributed by atoms with van der Waals surface area (Å²) in [5.74, 6) is 0.863. The molecule has 6 heteroatoms. The number of carbonyl (C=O) groups is 1. The molecule has 0 radical (unpaired) electrons. The highest BCUT2D eigenvalue weighted by atomic mass is 32.1. The molecule has 2 amide bonds. The summed E-state index contributed by atoms with van der Waals surface area (Å²) in [4.78, 5) is 15.5. The topological polar surface area (TPSA) is 65.4 Å². The summed E-state index contributed by atoms with van der Waals surface area (Å²) in [6.07, 6.45) is 1.64. The van der Waals surface area contributed by atoms with E-state index in [0.717, 1.165) is 24.2 Å². The Morgan fingerprint density at radius 1 is 1.10 bits per heavy atom. The minimum absolute atomic E-state index is 0.0871. The van der Waals surface area contributed by atoms with Crippen molar-refractivity contribution in [1.29, 1.82) is 5.26 Å². The number of carbonyl (C=O) groups excluding carboxylic acids is 1. The Hall–Kier alpha value is -3.30. The number of urea groups is 1. The maximum absolute atomic E-state index is 12.5. The van der Waals surface area contributed by atoms with Gasteiger partial charge in [0.15, 0.2) is 0 Å². The molecule has 29 heavy (non-hydrogen) atoms. The van der Waals surface area contributed by atoms with Crippen molar-refractivity contribution in [3.05, 3.63) is 71.6 Å². The van der Waals surface area contributed by atoms with Crippen LogP contribution < -0.4 is 10.1 Å². The van der Waals surface area contributed by atoms with Gasteiger partial charge in [-0.25, -0.2) is 4.79 Å². The Bertz CT molecular complexity index is 1020. The molecule has 0 saturated carbocycles. The number of nitrogens with zero attached hydrogens (tertiary/aromatic N) is 2. The molecule has 146 valence electrons. The summed E-state index contributed by atoms with van der Waals surface area (Å²) >= 11 is 1.71. The first-order valence-corrected chi connectivity index (χ1v) is 10.5. The van der Waals surface area contributed by atoms with Gasteiger partial charge in [-0.3, -0.25) is 0 Å². The molecule has 2 aromatic carbocycles. The third-order valence-electron chi connectivity index (χ3n) is 4.96. The molecule has 3 aromatic rings. The SMILES string of the molecule is N#Cc1ccccc1NC(=O)N1CCC(Oc2cccc(-c3cccs3)c2)CC1. The van der Waals surface area contributed by atoms with Crippen LogP contribution in [0.5, 0.6) is 5.75 Å². The zero-order valence-corrected chi connectivity index (χ0v) is 16.7. The molecule has 0 bridgehead atoms. The summed E-state index contributed by atoms with van der Waals surface area (Å²) in [7, 11) is 0. The standard InChI is InChI=1S/C23H21N3O2S/c24-16-18-5-1-2-8-21(18)25-23(27)26-12-10-19(11-13-26)28-20-7-3-6-17(15-20)22-9-4-14-29-22/h1-9,14-15,19H,10-13H2,(H,25,27). The van der Waals surface area contributed by atoms with Crippen LogP contribution >= 0.6 is 11.3 Å². The van der Waals surface area contributed by atoms with Gasteiger partial charge in [0.25, 0.3) is 0 Å². The predicted octanol–water partition coefficient (Wildman–Crippen LogP) is 5.36. The third-order valence-corrected chi connectivity index (χ3v) is 5.88. The van der Waals surface area contributed by atoms with Crippen LogP contribution in [0.4, 0.5) is 10.5 Å². The van der Waals surface area contributed by atoms with Crippen LogP contribution in [-0.2, 0) is 0 Å². The lowest BCUT2D eigenvalue weighted by Crippen LogP contribution is -2.43. The van der Waals surface area contributed by atoms with Gasteiger partial charge < -0.3 is 15.0 Å². The molecule has 0 aliphatic carbocycles. The average molecular weight is 404 g/mol. The summed E-state index contributed by atoms with van der Waals surface area (Å²) in [6, 6.07) is 21.3. The minimum atomic E-state index is -0.175. The van der Waals surface area contributed by atoms with Gasteiger partial charge in [-0.1, -0.05) is 30.3 Å².